The SMILES string of the molecule is COc1ccc(NC(=O)CSc2ccc(Br)cc2)cc1F. The summed E-state index contributed by atoms with van der Waals surface area (Å²) in [4.78, 5) is 12.8. The lowest BCUT2D eigenvalue weighted by Gasteiger charge is -2.07. The number of methoxy groups -OCH3 is 1. The Kier molecular flexibility index (Phi) is 5.64. The van der Waals surface area contributed by atoms with Gasteiger partial charge in [0.1, 0.15) is 0 Å². The zero-order chi connectivity index (χ0) is 15.2. The molecule has 0 fully saturated rings. The summed E-state index contributed by atoms with van der Waals surface area (Å²) >= 11 is 4.77. The van der Waals surface area contributed by atoms with E-state index < -0.39 is 5.82 Å². The molecule has 3 nitrogen and oxygen atoms in total. The van der Waals surface area contributed by atoms with Crippen LogP contribution in [0.4, 0.5) is 10.1 Å². The van der Waals surface area contributed by atoms with Crippen LogP contribution in [0.25, 0.3) is 0 Å². The maximum absolute atomic E-state index is 13.5. The van der Waals surface area contributed by atoms with Gasteiger partial charge in [-0.2, -0.15) is 0 Å². The molecule has 2 aromatic rings. The normalized spacial score (nSPS) is 10.2. The minimum Gasteiger partial charge on any atom is -0.494 e. The van der Waals surface area contributed by atoms with Crippen LogP contribution >= 0.6 is 27.7 Å². The molecule has 1 amide bonds. The molecule has 110 valence electrons. The Morgan fingerprint density at radius 3 is 2.62 bits per heavy atom. The number of anilines is 1. The summed E-state index contributed by atoms with van der Waals surface area (Å²) in [6.45, 7) is 0. The number of benzene rings is 2. The van der Waals surface area contributed by atoms with E-state index in [1.807, 2.05) is 24.3 Å². The van der Waals surface area contributed by atoms with Gasteiger partial charge in [-0.1, -0.05) is 15.9 Å². The molecule has 6 heteroatoms. The first kappa shape index (κ1) is 15.9. The first-order chi connectivity index (χ1) is 10.1. The Labute approximate surface area is 135 Å². The fourth-order valence-electron chi connectivity index (χ4n) is 1.62. The third-order valence-electron chi connectivity index (χ3n) is 2.62. The van der Waals surface area contributed by atoms with E-state index in [0.717, 1.165) is 9.37 Å². The van der Waals surface area contributed by atoms with Crippen LogP contribution in [0.15, 0.2) is 51.8 Å². The zero-order valence-corrected chi connectivity index (χ0v) is 13.6. The van der Waals surface area contributed by atoms with Gasteiger partial charge >= 0.3 is 0 Å². The predicted molar refractivity (Wildman–Crippen MR) is 86.4 cm³/mol. The monoisotopic (exact) mass is 369 g/mol. The molecule has 2 rings (SSSR count). The number of hydrogen-bond acceptors (Lipinski definition) is 3. The van der Waals surface area contributed by atoms with Crippen molar-refractivity contribution in [2.24, 2.45) is 0 Å². The van der Waals surface area contributed by atoms with Crippen LogP contribution in [0.3, 0.4) is 0 Å². The molecule has 0 radical (unpaired) electrons. The van der Waals surface area contributed by atoms with Crippen LogP contribution in [-0.2, 0) is 4.79 Å². The van der Waals surface area contributed by atoms with Crippen LogP contribution in [0, 0.1) is 5.82 Å². The highest BCUT2D eigenvalue weighted by atomic mass is 79.9. The topological polar surface area (TPSA) is 38.3 Å². The van der Waals surface area contributed by atoms with Gasteiger partial charge in [-0.3, -0.25) is 4.79 Å². The smallest absolute Gasteiger partial charge is 0.234 e. The molecule has 0 unspecified atom stereocenters. The van der Waals surface area contributed by atoms with Crippen molar-refractivity contribution >= 4 is 39.3 Å². The fourth-order valence-corrected chi connectivity index (χ4v) is 2.58. The molecule has 0 spiro atoms. The molecule has 0 heterocycles. The van der Waals surface area contributed by atoms with E-state index in [4.69, 9.17) is 4.74 Å². The first-order valence-corrected chi connectivity index (χ1v) is 7.88. The van der Waals surface area contributed by atoms with Crippen molar-refractivity contribution in [3.63, 3.8) is 0 Å². The van der Waals surface area contributed by atoms with E-state index in [-0.39, 0.29) is 17.4 Å². The van der Waals surface area contributed by atoms with Crippen molar-refractivity contribution in [3.05, 3.63) is 52.8 Å². The molecule has 0 aliphatic rings. The number of rotatable bonds is 5. The number of amides is 1. The Bertz CT molecular complexity index is 634. The van der Waals surface area contributed by atoms with Crippen molar-refractivity contribution in [2.75, 3.05) is 18.2 Å². The minimum atomic E-state index is -0.504. The molecule has 0 aromatic heterocycles. The van der Waals surface area contributed by atoms with Crippen LogP contribution < -0.4 is 10.1 Å². The van der Waals surface area contributed by atoms with Gasteiger partial charge in [-0.05, 0) is 36.4 Å². The van der Waals surface area contributed by atoms with E-state index in [2.05, 4.69) is 21.2 Å². The molecule has 0 aliphatic carbocycles. The number of thioether (sulfide) groups is 1. The second-order valence-electron chi connectivity index (χ2n) is 4.14. The van der Waals surface area contributed by atoms with E-state index in [9.17, 15) is 9.18 Å². The molecule has 2 aromatic carbocycles. The summed E-state index contributed by atoms with van der Waals surface area (Å²) in [7, 11) is 1.39. The minimum absolute atomic E-state index is 0.150. The van der Waals surface area contributed by atoms with Crippen molar-refractivity contribution in [3.8, 4) is 5.75 Å². The van der Waals surface area contributed by atoms with Gasteiger partial charge in [0.15, 0.2) is 11.6 Å². The molecular weight excluding hydrogens is 357 g/mol. The lowest BCUT2D eigenvalue weighted by Crippen LogP contribution is -2.14. The molecule has 0 saturated carbocycles. The maximum Gasteiger partial charge on any atom is 0.234 e. The summed E-state index contributed by atoms with van der Waals surface area (Å²) in [5.74, 6) is -0.282. The average molecular weight is 370 g/mol. The van der Waals surface area contributed by atoms with E-state index in [1.165, 1.54) is 31.0 Å². The lowest BCUT2D eigenvalue weighted by molar-refractivity contribution is -0.113. The summed E-state index contributed by atoms with van der Waals surface area (Å²) in [5, 5.41) is 2.65. The quantitative estimate of drug-likeness (QED) is 0.797. The van der Waals surface area contributed by atoms with Gasteiger partial charge < -0.3 is 10.1 Å². The van der Waals surface area contributed by atoms with Crippen LogP contribution in [0.5, 0.6) is 5.75 Å². The Balaban J connectivity index is 1.89. The van der Waals surface area contributed by atoms with Gasteiger partial charge in [-0.25, -0.2) is 4.39 Å². The van der Waals surface area contributed by atoms with Crippen LogP contribution in [0.1, 0.15) is 0 Å². The number of carbonyl (C=O) groups is 1. The van der Waals surface area contributed by atoms with Crippen LogP contribution in [-0.4, -0.2) is 18.8 Å². The largest absolute Gasteiger partial charge is 0.494 e. The van der Waals surface area contributed by atoms with Crippen molar-refractivity contribution < 1.29 is 13.9 Å². The summed E-state index contributed by atoms with van der Waals surface area (Å²) in [6, 6.07) is 12.0. The third kappa shape index (κ3) is 4.75. The Morgan fingerprint density at radius 2 is 2.00 bits per heavy atom. The van der Waals surface area contributed by atoms with Gasteiger partial charge in [0, 0.05) is 21.1 Å². The fraction of sp³-hybridized carbons (Fsp3) is 0.133. The van der Waals surface area contributed by atoms with Crippen molar-refractivity contribution in [2.45, 2.75) is 4.90 Å². The number of nitrogens with one attached hydrogen (secondary N) is 1. The summed E-state index contributed by atoms with van der Waals surface area (Å²) in [6.07, 6.45) is 0. The Hall–Kier alpha value is -1.53. The van der Waals surface area contributed by atoms with Gasteiger partial charge in [0.2, 0.25) is 5.91 Å². The highest BCUT2D eigenvalue weighted by Gasteiger charge is 2.07. The molecule has 0 saturated heterocycles. The van der Waals surface area contributed by atoms with Gasteiger partial charge in [-0.15, -0.1) is 11.8 Å². The van der Waals surface area contributed by atoms with Crippen molar-refractivity contribution in [1.82, 2.24) is 0 Å². The average Bonchev–Trinajstić information content (AvgIpc) is 2.47. The first-order valence-electron chi connectivity index (χ1n) is 6.10. The molecular formula is C15H13BrFNO2S. The Morgan fingerprint density at radius 1 is 1.29 bits per heavy atom. The van der Waals surface area contributed by atoms with E-state index in [1.54, 1.807) is 6.07 Å². The van der Waals surface area contributed by atoms with E-state index in [0.29, 0.717) is 5.69 Å². The number of ether oxygens (including phenoxy) is 1. The van der Waals surface area contributed by atoms with Crippen molar-refractivity contribution in [1.29, 1.82) is 0 Å². The maximum atomic E-state index is 13.5. The molecule has 0 aliphatic heterocycles. The van der Waals surface area contributed by atoms with Gasteiger partial charge in [0.25, 0.3) is 0 Å². The highest BCUT2D eigenvalue weighted by Crippen LogP contribution is 2.22. The second-order valence-corrected chi connectivity index (χ2v) is 6.10. The van der Waals surface area contributed by atoms with E-state index >= 15 is 0 Å². The number of hydrogen-bond donors (Lipinski definition) is 1. The summed E-state index contributed by atoms with van der Waals surface area (Å²) in [5.41, 5.74) is 0.412. The standard InChI is InChI=1S/C15H13BrFNO2S/c1-20-14-7-4-11(8-13(14)17)18-15(19)9-21-12-5-2-10(16)3-6-12/h2-8H,9H2,1H3,(H,18,19). The lowest BCUT2D eigenvalue weighted by atomic mass is 10.3. The third-order valence-corrected chi connectivity index (χ3v) is 4.16. The second kappa shape index (κ2) is 7.47. The molecule has 0 atom stereocenters. The van der Waals surface area contributed by atoms with Crippen LogP contribution in [0.2, 0.25) is 0 Å². The zero-order valence-electron chi connectivity index (χ0n) is 11.2. The molecule has 21 heavy (non-hydrogen) atoms. The summed E-state index contributed by atoms with van der Waals surface area (Å²) < 4.78 is 19.3. The molecule has 0 bridgehead atoms. The molecule has 1 N–H and O–H groups in total. The van der Waals surface area contributed by atoms with Gasteiger partial charge in [0.05, 0.1) is 12.9 Å². The highest BCUT2D eigenvalue weighted by molar-refractivity contribution is 9.10. The predicted octanol–water partition coefficient (Wildman–Crippen LogP) is 4.33. The number of carbonyl (C=O) groups excluding carboxylic acids is 1. The number of halogens is 2.